The third-order valence-corrected chi connectivity index (χ3v) is 3.35. The Balaban J connectivity index is 2.04. The molecule has 0 aliphatic rings. The van der Waals surface area contributed by atoms with E-state index in [1.807, 2.05) is 38.5 Å². The second kappa shape index (κ2) is 5.35. The van der Waals surface area contributed by atoms with Gasteiger partial charge in [-0.25, -0.2) is 0 Å². The summed E-state index contributed by atoms with van der Waals surface area (Å²) in [4.78, 5) is 13.1. The summed E-state index contributed by atoms with van der Waals surface area (Å²) in [5, 5.41) is 4.43. The standard InChI is InChI=1S/C16H16N4/c1-11-9-20-15(10-19-11)16(17-2)13-5-6-14-12(8-13)4-3-7-18-14/h3-10,16-17H,1-2H3. The van der Waals surface area contributed by atoms with Crippen molar-refractivity contribution in [1.82, 2.24) is 20.3 Å². The molecule has 0 saturated heterocycles. The number of rotatable bonds is 3. The number of hydrogen-bond acceptors (Lipinski definition) is 4. The Kier molecular flexibility index (Phi) is 3.39. The van der Waals surface area contributed by atoms with Gasteiger partial charge in [-0.1, -0.05) is 12.1 Å². The molecule has 0 fully saturated rings. The molecule has 2 heterocycles. The van der Waals surface area contributed by atoms with Crippen LogP contribution in [-0.4, -0.2) is 22.0 Å². The van der Waals surface area contributed by atoms with Gasteiger partial charge in [0.1, 0.15) is 0 Å². The third-order valence-electron chi connectivity index (χ3n) is 3.35. The van der Waals surface area contributed by atoms with E-state index in [0.29, 0.717) is 0 Å². The van der Waals surface area contributed by atoms with Crippen molar-refractivity contribution in [2.75, 3.05) is 7.05 Å². The molecular weight excluding hydrogens is 248 g/mol. The maximum absolute atomic E-state index is 4.47. The third kappa shape index (κ3) is 2.38. The number of aryl methyl sites for hydroxylation is 1. The highest BCUT2D eigenvalue weighted by atomic mass is 14.9. The molecular formula is C16H16N4. The Labute approximate surface area is 117 Å². The number of fused-ring (bicyclic) bond motifs is 1. The van der Waals surface area contributed by atoms with Crippen LogP contribution in [-0.2, 0) is 0 Å². The van der Waals surface area contributed by atoms with Crippen LogP contribution in [0.15, 0.2) is 48.9 Å². The summed E-state index contributed by atoms with van der Waals surface area (Å²) >= 11 is 0. The first kappa shape index (κ1) is 12.7. The Hall–Kier alpha value is -2.33. The summed E-state index contributed by atoms with van der Waals surface area (Å²) in [5.41, 5.74) is 4.00. The predicted octanol–water partition coefficient (Wildman–Crippen LogP) is 2.64. The quantitative estimate of drug-likeness (QED) is 0.790. The molecule has 1 atom stereocenters. The molecule has 4 nitrogen and oxygen atoms in total. The van der Waals surface area contributed by atoms with Gasteiger partial charge >= 0.3 is 0 Å². The largest absolute Gasteiger partial charge is 0.308 e. The van der Waals surface area contributed by atoms with Crippen LogP contribution in [0.5, 0.6) is 0 Å². The van der Waals surface area contributed by atoms with E-state index in [9.17, 15) is 0 Å². The molecule has 100 valence electrons. The van der Waals surface area contributed by atoms with Crippen molar-refractivity contribution in [3.05, 3.63) is 65.9 Å². The van der Waals surface area contributed by atoms with Crippen molar-refractivity contribution in [3.63, 3.8) is 0 Å². The Morgan fingerprint density at radius 1 is 1.05 bits per heavy atom. The zero-order valence-corrected chi connectivity index (χ0v) is 11.5. The van der Waals surface area contributed by atoms with Crippen molar-refractivity contribution >= 4 is 10.9 Å². The fourth-order valence-electron chi connectivity index (χ4n) is 2.31. The summed E-state index contributed by atoms with van der Waals surface area (Å²) < 4.78 is 0. The number of pyridine rings is 1. The SMILES string of the molecule is CNC(c1ccc2ncccc2c1)c1cnc(C)cn1. The highest BCUT2D eigenvalue weighted by molar-refractivity contribution is 5.79. The van der Waals surface area contributed by atoms with Crippen LogP contribution in [0.25, 0.3) is 10.9 Å². The first-order chi connectivity index (χ1) is 9.78. The summed E-state index contributed by atoms with van der Waals surface area (Å²) in [7, 11) is 1.93. The number of aromatic nitrogens is 3. The van der Waals surface area contributed by atoms with E-state index in [2.05, 4.69) is 38.5 Å². The smallest absolute Gasteiger partial charge is 0.0801 e. The highest BCUT2D eigenvalue weighted by Gasteiger charge is 2.14. The number of nitrogens with zero attached hydrogens (tertiary/aromatic N) is 3. The average molecular weight is 264 g/mol. The molecule has 1 aromatic carbocycles. The van der Waals surface area contributed by atoms with Gasteiger partial charge < -0.3 is 5.32 Å². The minimum Gasteiger partial charge on any atom is -0.308 e. The first-order valence-electron chi connectivity index (χ1n) is 6.58. The lowest BCUT2D eigenvalue weighted by atomic mass is 10.0. The van der Waals surface area contributed by atoms with Crippen LogP contribution in [0.4, 0.5) is 0 Å². The monoisotopic (exact) mass is 264 g/mol. The van der Waals surface area contributed by atoms with E-state index in [1.165, 1.54) is 0 Å². The van der Waals surface area contributed by atoms with E-state index in [0.717, 1.165) is 27.9 Å². The average Bonchev–Trinajstić information content (AvgIpc) is 2.50. The summed E-state index contributed by atoms with van der Waals surface area (Å²) in [6, 6.07) is 10.3. The van der Waals surface area contributed by atoms with Crippen molar-refractivity contribution in [2.24, 2.45) is 0 Å². The van der Waals surface area contributed by atoms with E-state index >= 15 is 0 Å². The van der Waals surface area contributed by atoms with E-state index in [4.69, 9.17) is 0 Å². The highest BCUT2D eigenvalue weighted by Crippen LogP contribution is 2.23. The molecule has 20 heavy (non-hydrogen) atoms. The first-order valence-corrected chi connectivity index (χ1v) is 6.58. The zero-order chi connectivity index (χ0) is 13.9. The lowest BCUT2D eigenvalue weighted by Crippen LogP contribution is -2.19. The number of benzene rings is 1. The minimum absolute atomic E-state index is 0.0349. The summed E-state index contributed by atoms with van der Waals surface area (Å²) in [5.74, 6) is 0. The second-order valence-corrected chi connectivity index (χ2v) is 4.76. The van der Waals surface area contributed by atoms with Gasteiger partial charge in [0.05, 0.1) is 29.1 Å². The summed E-state index contributed by atoms with van der Waals surface area (Å²) in [6.45, 7) is 1.94. The molecule has 0 saturated carbocycles. The Morgan fingerprint density at radius 2 is 1.95 bits per heavy atom. The van der Waals surface area contributed by atoms with Crippen LogP contribution < -0.4 is 5.32 Å². The van der Waals surface area contributed by atoms with E-state index in [-0.39, 0.29) is 6.04 Å². The molecule has 1 unspecified atom stereocenters. The van der Waals surface area contributed by atoms with Gasteiger partial charge in [0.25, 0.3) is 0 Å². The van der Waals surface area contributed by atoms with Crippen LogP contribution >= 0.6 is 0 Å². The number of hydrogen-bond donors (Lipinski definition) is 1. The summed E-state index contributed by atoms with van der Waals surface area (Å²) in [6.07, 6.45) is 5.43. The fourth-order valence-corrected chi connectivity index (χ4v) is 2.31. The molecule has 1 N–H and O–H groups in total. The fraction of sp³-hybridized carbons (Fsp3) is 0.188. The van der Waals surface area contributed by atoms with Crippen molar-refractivity contribution in [2.45, 2.75) is 13.0 Å². The van der Waals surface area contributed by atoms with Gasteiger partial charge in [0, 0.05) is 17.8 Å². The molecule has 0 aliphatic carbocycles. The van der Waals surface area contributed by atoms with Gasteiger partial charge in [-0.05, 0) is 37.7 Å². The van der Waals surface area contributed by atoms with Crippen LogP contribution in [0.2, 0.25) is 0 Å². The number of nitrogens with one attached hydrogen (secondary N) is 1. The minimum atomic E-state index is 0.0349. The van der Waals surface area contributed by atoms with Gasteiger partial charge in [-0.15, -0.1) is 0 Å². The molecule has 0 spiro atoms. The topological polar surface area (TPSA) is 50.7 Å². The van der Waals surface area contributed by atoms with Crippen molar-refractivity contribution in [3.8, 4) is 0 Å². The van der Waals surface area contributed by atoms with Gasteiger partial charge in [-0.2, -0.15) is 0 Å². The molecule has 4 heteroatoms. The van der Waals surface area contributed by atoms with Crippen LogP contribution in [0.3, 0.4) is 0 Å². The van der Waals surface area contributed by atoms with Crippen molar-refractivity contribution in [1.29, 1.82) is 0 Å². The lowest BCUT2D eigenvalue weighted by molar-refractivity contribution is 0.666. The maximum Gasteiger partial charge on any atom is 0.0801 e. The zero-order valence-electron chi connectivity index (χ0n) is 11.5. The maximum atomic E-state index is 4.47. The Bertz CT molecular complexity index is 722. The van der Waals surface area contributed by atoms with Gasteiger partial charge in [-0.3, -0.25) is 15.0 Å². The molecule has 0 bridgehead atoms. The molecule has 0 aliphatic heterocycles. The molecule has 0 amide bonds. The predicted molar refractivity (Wildman–Crippen MR) is 79.4 cm³/mol. The van der Waals surface area contributed by atoms with Crippen LogP contribution in [0, 0.1) is 6.92 Å². The molecule has 3 aromatic rings. The molecule has 2 aromatic heterocycles. The van der Waals surface area contributed by atoms with Gasteiger partial charge in [0.15, 0.2) is 0 Å². The van der Waals surface area contributed by atoms with Crippen molar-refractivity contribution < 1.29 is 0 Å². The second-order valence-electron chi connectivity index (χ2n) is 4.76. The van der Waals surface area contributed by atoms with Gasteiger partial charge in [0.2, 0.25) is 0 Å². The van der Waals surface area contributed by atoms with Crippen LogP contribution in [0.1, 0.15) is 23.0 Å². The Morgan fingerprint density at radius 3 is 2.70 bits per heavy atom. The normalized spacial score (nSPS) is 12.5. The lowest BCUT2D eigenvalue weighted by Gasteiger charge is -2.16. The molecule has 0 radical (unpaired) electrons. The molecule has 3 rings (SSSR count). The van der Waals surface area contributed by atoms with E-state index in [1.54, 1.807) is 6.20 Å². The van der Waals surface area contributed by atoms with E-state index < -0.39 is 0 Å².